The van der Waals surface area contributed by atoms with E-state index in [0.717, 1.165) is 0 Å². The number of nitrogens with one attached hydrogen (secondary N) is 1. The summed E-state index contributed by atoms with van der Waals surface area (Å²) in [6, 6.07) is 4.50. The summed E-state index contributed by atoms with van der Waals surface area (Å²) in [7, 11) is 0. The largest absolute Gasteiger partial charge is 0.396 e. The molecule has 1 aromatic rings. The first kappa shape index (κ1) is 16.6. The predicted molar refractivity (Wildman–Crippen MR) is 83.7 cm³/mol. The number of carbonyl (C=O) groups excluding carboxylic acids is 3. The topological polar surface area (TPSA) is 86.7 Å². The number of nitrogens with zero attached hydrogens (tertiary/aromatic N) is 1. The van der Waals surface area contributed by atoms with Crippen molar-refractivity contribution < 1.29 is 23.9 Å². The highest BCUT2D eigenvalue weighted by Gasteiger charge is 2.30. The summed E-state index contributed by atoms with van der Waals surface area (Å²) in [6.07, 6.45) is 1.12. The van der Waals surface area contributed by atoms with Crippen molar-refractivity contribution in [3.05, 3.63) is 29.6 Å². The molecule has 0 aromatic heterocycles. The molecule has 2 saturated heterocycles. The van der Waals surface area contributed by atoms with Gasteiger partial charge in [-0.25, -0.2) is 4.39 Å². The molecule has 0 aliphatic carbocycles. The molecule has 2 aliphatic heterocycles. The molecule has 0 saturated carbocycles. The minimum Gasteiger partial charge on any atom is -0.396 e. The highest BCUT2D eigenvalue weighted by molar-refractivity contribution is 5.98. The van der Waals surface area contributed by atoms with Crippen molar-refractivity contribution in [2.24, 2.45) is 5.92 Å². The molecule has 0 spiro atoms. The number of hydrogen-bond acceptors (Lipinski definition) is 4. The quantitative estimate of drug-likeness (QED) is 0.810. The van der Waals surface area contributed by atoms with Crippen LogP contribution >= 0.6 is 0 Å². The van der Waals surface area contributed by atoms with Crippen molar-refractivity contribution in [1.82, 2.24) is 5.32 Å². The number of carbonyl (C=O) groups is 3. The predicted octanol–water partition coefficient (Wildman–Crippen LogP) is 1.08. The van der Waals surface area contributed by atoms with E-state index in [9.17, 15) is 18.8 Å². The molecule has 0 radical (unpaired) electrons. The van der Waals surface area contributed by atoms with Crippen LogP contribution in [0.15, 0.2) is 18.2 Å². The molecule has 2 fully saturated rings. The molecule has 2 aliphatic rings. The van der Waals surface area contributed by atoms with E-state index in [1.54, 1.807) is 6.07 Å². The Morgan fingerprint density at radius 3 is 2.46 bits per heavy atom. The number of anilines is 1. The SMILES string of the molecule is O=C1CC(c2ccc(N3CCC(CO)CC3=O)c(F)c2)CC(=O)N1. The van der Waals surface area contributed by atoms with Crippen molar-refractivity contribution >= 4 is 23.4 Å². The van der Waals surface area contributed by atoms with Crippen LogP contribution in [0.25, 0.3) is 0 Å². The molecule has 1 atom stereocenters. The molecule has 2 heterocycles. The number of aliphatic hydroxyl groups excluding tert-OH is 1. The lowest BCUT2D eigenvalue weighted by atomic mass is 9.89. The molecule has 6 nitrogen and oxygen atoms in total. The molecular weight excluding hydrogens is 315 g/mol. The normalized spacial score (nSPS) is 22.7. The van der Waals surface area contributed by atoms with E-state index in [4.69, 9.17) is 5.11 Å². The van der Waals surface area contributed by atoms with Crippen LogP contribution < -0.4 is 10.2 Å². The van der Waals surface area contributed by atoms with E-state index in [1.165, 1.54) is 17.0 Å². The monoisotopic (exact) mass is 334 g/mol. The Hall–Kier alpha value is -2.28. The van der Waals surface area contributed by atoms with Crippen LogP contribution in [-0.4, -0.2) is 36.0 Å². The summed E-state index contributed by atoms with van der Waals surface area (Å²) in [5.41, 5.74) is 0.781. The lowest BCUT2D eigenvalue weighted by molar-refractivity contribution is -0.133. The molecule has 7 heteroatoms. The van der Waals surface area contributed by atoms with Crippen molar-refractivity contribution in [1.29, 1.82) is 0 Å². The van der Waals surface area contributed by atoms with Gasteiger partial charge in [0.15, 0.2) is 0 Å². The van der Waals surface area contributed by atoms with Gasteiger partial charge in [-0.05, 0) is 30.0 Å². The van der Waals surface area contributed by atoms with Crippen LogP contribution in [0.2, 0.25) is 0 Å². The Kier molecular flexibility index (Phi) is 4.62. The molecule has 3 rings (SSSR count). The minimum atomic E-state index is -0.540. The number of imide groups is 1. The van der Waals surface area contributed by atoms with E-state index < -0.39 is 5.82 Å². The van der Waals surface area contributed by atoms with Gasteiger partial charge >= 0.3 is 0 Å². The van der Waals surface area contributed by atoms with Crippen LogP contribution in [0.4, 0.5) is 10.1 Å². The smallest absolute Gasteiger partial charge is 0.227 e. The number of piperidine rings is 2. The van der Waals surface area contributed by atoms with Crippen molar-refractivity contribution in [3.8, 4) is 0 Å². The van der Waals surface area contributed by atoms with E-state index >= 15 is 0 Å². The van der Waals surface area contributed by atoms with Gasteiger partial charge in [0.05, 0.1) is 5.69 Å². The first-order chi connectivity index (χ1) is 11.5. The van der Waals surface area contributed by atoms with Crippen LogP contribution in [0.3, 0.4) is 0 Å². The summed E-state index contributed by atoms with van der Waals surface area (Å²) >= 11 is 0. The second-order valence-electron chi connectivity index (χ2n) is 6.37. The lowest BCUT2D eigenvalue weighted by Gasteiger charge is -2.31. The van der Waals surface area contributed by atoms with Crippen molar-refractivity contribution in [3.63, 3.8) is 0 Å². The summed E-state index contributed by atoms with van der Waals surface area (Å²) in [5, 5.41) is 11.4. The van der Waals surface area contributed by atoms with Gasteiger partial charge in [0, 0.05) is 38.3 Å². The molecule has 2 N–H and O–H groups in total. The standard InChI is InChI=1S/C17H19FN2O4/c18-13-6-11(12-7-15(22)19-16(23)8-12)1-2-14(13)20-4-3-10(9-21)5-17(20)24/h1-2,6,10,12,21H,3-5,7-9H2,(H,19,22,23). The van der Waals surface area contributed by atoms with Gasteiger partial charge in [-0.2, -0.15) is 0 Å². The average molecular weight is 334 g/mol. The maximum absolute atomic E-state index is 14.5. The third-order valence-corrected chi connectivity index (χ3v) is 4.66. The number of halogens is 1. The van der Waals surface area contributed by atoms with Crippen LogP contribution in [0.5, 0.6) is 0 Å². The summed E-state index contributed by atoms with van der Waals surface area (Å²) in [6.45, 7) is 0.323. The Bertz CT molecular complexity index is 675. The maximum atomic E-state index is 14.5. The number of rotatable bonds is 3. The zero-order chi connectivity index (χ0) is 17.3. The first-order valence-electron chi connectivity index (χ1n) is 8.01. The van der Waals surface area contributed by atoms with Crippen LogP contribution in [0.1, 0.15) is 37.2 Å². The number of benzene rings is 1. The molecule has 1 aromatic carbocycles. The fourth-order valence-electron chi connectivity index (χ4n) is 3.32. The van der Waals surface area contributed by atoms with Crippen LogP contribution in [0, 0.1) is 11.7 Å². The van der Waals surface area contributed by atoms with Gasteiger partial charge in [0.1, 0.15) is 5.82 Å². The molecule has 24 heavy (non-hydrogen) atoms. The van der Waals surface area contributed by atoms with Gasteiger partial charge < -0.3 is 10.0 Å². The summed E-state index contributed by atoms with van der Waals surface area (Å²) < 4.78 is 14.5. The molecule has 3 amide bonds. The zero-order valence-corrected chi connectivity index (χ0v) is 13.1. The summed E-state index contributed by atoms with van der Waals surface area (Å²) in [5.74, 6) is -1.88. The van der Waals surface area contributed by atoms with Gasteiger partial charge in [0.25, 0.3) is 0 Å². The number of amides is 3. The fraction of sp³-hybridized carbons (Fsp3) is 0.471. The Morgan fingerprint density at radius 2 is 1.88 bits per heavy atom. The van der Waals surface area contributed by atoms with E-state index in [0.29, 0.717) is 18.5 Å². The Balaban J connectivity index is 1.79. The number of aliphatic hydroxyl groups is 1. The summed E-state index contributed by atoms with van der Waals surface area (Å²) in [4.78, 5) is 36.5. The average Bonchev–Trinajstić information content (AvgIpc) is 2.54. The molecular formula is C17H19FN2O4. The third kappa shape index (κ3) is 3.31. The minimum absolute atomic E-state index is 0.0429. The van der Waals surface area contributed by atoms with Gasteiger partial charge in [0.2, 0.25) is 17.7 Å². The van der Waals surface area contributed by atoms with Gasteiger partial charge in [-0.1, -0.05) is 6.07 Å². The molecule has 0 bridgehead atoms. The van der Waals surface area contributed by atoms with E-state index in [1.807, 2.05) is 0 Å². The maximum Gasteiger partial charge on any atom is 0.227 e. The van der Waals surface area contributed by atoms with E-state index in [2.05, 4.69) is 5.32 Å². The zero-order valence-electron chi connectivity index (χ0n) is 13.1. The lowest BCUT2D eigenvalue weighted by Crippen LogP contribution is -2.40. The fourth-order valence-corrected chi connectivity index (χ4v) is 3.32. The van der Waals surface area contributed by atoms with E-state index in [-0.39, 0.29) is 61.1 Å². The third-order valence-electron chi connectivity index (χ3n) is 4.66. The first-order valence-corrected chi connectivity index (χ1v) is 8.01. The van der Waals surface area contributed by atoms with Crippen molar-refractivity contribution in [2.75, 3.05) is 18.1 Å². The Morgan fingerprint density at radius 1 is 1.17 bits per heavy atom. The van der Waals surface area contributed by atoms with Crippen molar-refractivity contribution in [2.45, 2.75) is 31.6 Å². The highest BCUT2D eigenvalue weighted by atomic mass is 19.1. The molecule has 1 unspecified atom stereocenters. The number of hydrogen-bond donors (Lipinski definition) is 2. The second-order valence-corrected chi connectivity index (χ2v) is 6.37. The van der Waals surface area contributed by atoms with Gasteiger partial charge in [-0.3, -0.25) is 19.7 Å². The Labute approximate surface area is 138 Å². The second kappa shape index (κ2) is 6.68. The highest BCUT2D eigenvalue weighted by Crippen LogP contribution is 2.32. The molecule has 128 valence electrons. The van der Waals surface area contributed by atoms with Gasteiger partial charge in [-0.15, -0.1) is 0 Å². The van der Waals surface area contributed by atoms with Crippen LogP contribution in [-0.2, 0) is 14.4 Å².